The first-order valence-corrected chi connectivity index (χ1v) is 11.9. The van der Waals surface area contributed by atoms with Crippen molar-refractivity contribution in [1.82, 2.24) is 0 Å². The van der Waals surface area contributed by atoms with Crippen molar-refractivity contribution in [3.63, 3.8) is 0 Å². The second-order valence-electron chi connectivity index (χ2n) is 6.68. The van der Waals surface area contributed by atoms with Crippen LogP contribution in [0.25, 0.3) is 0 Å². The van der Waals surface area contributed by atoms with E-state index in [0.29, 0.717) is 12.2 Å². The normalized spacial score (nSPS) is 10.0. The molecule has 0 bridgehead atoms. The summed E-state index contributed by atoms with van der Waals surface area (Å²) in [5.41, 5.74) is 20.5. The Labute approximate surface area is 231 Å². The molecule has 2 amide bonds. The number of benzene rings is 1. The van der Waals surface area contributed by atoms with Crippen LogP contribution in [0, 0.1) is 0 Å². The minimum Gasteiger partial charge on any atom is -0.462 e. The summed E-state index contributed by atoms with van der Waals surface area (Å²) in [5, 5.41) is 0. The zero-order valence-electron chi connectivity index (χ0n) is 22.6. The number of ether oxygens (including phenoxy) is 1. The number of hydrogen-bond donors (Lipinski definition) is 2. The van der Waals surface area contributed by atoms with Gasteiger partial charge in [-0.25, -0.2) is 4.79 Å². The van der Waals surface area contributed by atoms with E-state index >= 15 is 0 Å². The molecule has 0 unspecified atom stereocenters. The Morgan fingerprint density at radius 3 is 1.46 bits per heavy atom. The summed E-state index contributed by atoms with van der Waals surface area (Å²) in [6.07, 6.45) is 28.1. The molecular formula is C33H36N2O4. The largest absolute Gasteiger partial charge is 0.462 e. The molecule has 1 aromatic carbocycles. The summed E-state index contributed by atoms with van der Waals surface area (Å²) in [6, 6.07) is 8.96. The van der Waals surface area contributed by atoms with Crippen LogP contribution in [0.4, 0.5) is 0 Å². The standard InChI is InChI=1S/2C12H13NO.C9H10O2/c2*1-2-3-4-5-6-7-8-9-10-11-12(13)14;1-2-11-9(10)8-6-4-3-5-7-8/h2*2-8,11H,1H3,(H2,13,14);3-7H,2H2,1H3. The molecule has 202 valence electrons. The second-order valence-corrected chi connectivity index (χ2v) is 6.68. The Hall–Kier alpha value is -5.33. The number of carbonyl (C=O) groups is 3. The van der Waals surface area contributed by atoms with Gasteiger partial charge in [0, 0.05) is 0 Å². The predicted molar refractivity (Wildman–Crippen MR) is 159 cm³/mol. The molecule has 6 nitrogen and oxygen atoms in total. The van der Waals surface area contributed by atoms with Crippen LogP contribution < -0.4 is 11.5 Å². The third kappa shape index (κ3) is 30.6. The van der Waals surface area contributed by atoms with E-state index in [2.05, 4.69) is 22.9 Å². The van der Waals surface area contributed by atoms with Crippen molar-refractivity contribution in [3.05, 3.63) is 156 Å². The zero-order chi connectivity index (χ0) is 29.4. The average molecular weight is 525 g/mol. The van der Waals surface area contributed by atoms with Gasteiger partial charge in [0.15, 0.2) is 0 Å². The van der Waals surface area contributed by atoms with Gasteiger partial charge in [0.05, 0.1) is 24.3 Å². The van der Waals surface area contributed by atoms with Gasteiger partial charge in [-0.3, -0.25) is 9.59 Å². The molecular weight excluding hydrogens is 488 g/mol. The summed E-state index contributed by atoms with van der Waals surface area (Å²) in [4.78, 5) is 31.5. The minimum atomic E-state index is -0.525. The number of hydrogen-bond acceptors (Lipinski definition) is 4. The van der Waals surface area contributed by atoms with Crippen LogP contribution in [0.1, 0.15) is 31.1 Å². The van der Waals surface area contributed by atoms with E-state index in [9.17, 15) is 14.4 Å². The highest BCUT2D eigenvalue weighted by Crippen LogP contribution is 2.00. The molecule has 0 radical (unpaired) electrons. The van der Waals surface area contributed by atoms with Crippen molar-refractivity contribution in [2.45, 2.75) is 20.8 Å². The summed E-state index contributed by atoms with van der Waals surface area (Å²) >= 11 is 0. The van der Waals surface area contributed by atoms with E-state index in [1.165, 1.54) is 0 Å². The van der Waals surface area contributed by atoms with Crippen LogP contribution in [0.2, 0.25) is 0 Å². The Bertz CT molecular complexity index is 1160. The van der Waals surface area contributed by atoms with Crippen molar-refractivity contribution >= 4 is 17.8 Å². The lowest BCUT2D eigenvalue weighted by Gasteiger charge is -1.99. The fourth-order valence-corrected chi connectivity index (χ4v) is 1.92. The zero-order valence-corrected chi connectivity index (χ0v) is 22.6. The van der Waals surface area contributed by atoms with E-state index in [1.54, 1.807) is 43.4 Å². The fourth-order valence-electron chi connectivity index (χ4n) is 1.92. The first-order valence-electron chi connectivity index (χ1n) is 11.9. The quantitative estimate of drug-likeness (QED) is 0.171. The highest BCUT2D eigenvalue weighted by atomic mass is 16.5. The first kappa shape index (κ1) is 35.8. The van der Waals surface area contributed by atoms with Crippen LogP contribution >= 0.6 is 0 Å². The number of esters is 1. The van der Waals surface area contributed by atoms with Crippen LogP contribution in [0.5, 0.6) is 0 Å². The molecule has 0 heterocycles. The number of carbonyl (C=O) groups excluding carboxylic acids is 3. The van der Waals surface area contributed by atoms with Gasteiger partial charge in [-0.2, -0.15) is 0 Å². The van der Waals surface area contributed by atoms with Crippen molar-refractivity contribution < 1.29 is 19.1 Å². The smallest absolute Gasteiger partial charge is 0.338 e. The third-order valence-corrected chi connectivity index (χ3v) is 3.51. The average Bonchev–Trinajstić information content (AvgIpc) is 2.92. The summed E-state index contributed by atoms with van der Waals surface area (Å²) in [6.45, 7) is 6.12. The van der Waals surface area contributed by atoms with Crippen LogP contribution in [0.3, 0.4) is 0 Å². The van der Waals surface area contributed by atoms with Gasteiger partial charge in [0.25, 0.3) is 0 Å². The molecule has 0 aliphatic rings. The minimum absolute atomic E-state index is 0.256. The predicted octanol–water partition coefficient (Wildman–Crippen LogP) is 5.92. The molecule has 0 saturated heterocycles. The lowest BCUT2D eigenvalue weighted by molar-refractivity contribution is -0.114. The van der Waals surface area contributed by atoms with Gasteiger partial charge in [0.2, 0.25) is 11.8 Å². The maximum absolute atomic E-state index is 11.0. The molecule has 39 heavy (non-hydrogen) atoms. The summed E-state index contributed by atoms with van der Waals surface area (Å²) < 4.78 is 4.79. The van der Waals surface area contributed by atoms with E-state index in [4.69, 9.17) is 16.2 Å². The lowest BCUT2D eigenvalue weighted by atomic mass is 10.2. The number of rotatable bonds is 10. The first-order chi connectivity index (χ1) is 18.9. The summed E-state index contributed by atoms with van der Waals surface area (Å²) in [7, 11) is 0. The Kier molecular flexibility index (Phi) is 26.6. The van der Waals surface area contributed by atoms with Crippen molar-refractivity contribution in [2.24, 2.45) is 11.5 Å². The molecule has 1 rings (SSSR count). The molecule has 0 aromatic heterocycles. The van der Waals surface area contributed by atoms with Crippen molar-refractivity contribution in [3.8, 4) is 0 Å². The van der Waals surface area contributed by atoms with Crippen molar-refractivity contribution in [1.29, 1.82) is 0 Å². The SMILES string of the molecule is CC=CC=CC=CC=C=C=CC(N)=O.CC=CC=CC=CC=C=C=CC(N)=O.CCOC(=O)c1ccccc1. The molecule has 0 spiro atoms. The number of nitrogens with two attached hydrogens (primary N) is 2. The van der Waals surface area contributed by atoms with E-state index in [1.807, 2.05) is 92.8 Å². The van der Waals surface area contributed by atoms with Gasteiger partial charge in [0.1, 0.15) is 0 Å². The number of allylic oxidation sites excluding steroid dienone is 14. The van der Waals surface area contributed by atoms with Gasteiger partial charge in [-0.05, 0) is 45.1 Å². The maximum atomic E-state index is 11.0. The van der Waals surface area contributed by atoms with Gasteiger partial charge in [-0.1, -0.05) is 114 Å². The van der Waals surface area contributed by atoms with E-state index in [-0.39, 0.29) is 5.97 Å². The highest BCUT2D eigenvalue weighted by molar-refractivity contribution is 5.89. The second kappa shape index (κ2) is 28.9. The number of amides is 2. The third-order valence-electron chi connectivity index (χ3n) is 3.51. The van der Waals surface area contributed by atoms with Crippen LogP contribution in [0.15, 0.2) is 150 Å². The van der Waals surface area contributed by atoms with Gasteiger partial charge in [-0.15, -0.1) is 0 Å². The monoisotopic (exact) mass is 524 g/mol. The maximum Gasteiger partial charge on any atom is 0.338 e. The molecule has 0 atom stereocenters. The Balaban J connectivity index is 0. The lowest BCUT2D eigenvalue weighted by Crippen LogP contribution is -2.04. The van der Waals surface area contributed by atoms with Crippen molar-refractivity contribution in [2.75, 3.05) is 6.61 Å². The molecule has 0 fully saturated rings. The van der Waals surface area contributed by atoms with Crippen LogP contribution in [-0.4, -0.2) is 24.4 Å². The van der Waals surface area contributed by atoms with E-state index < -0.39 is 11.8 Å². The van der Waals surface area contributed by atoms with Gasteiger partial charge >= 0.3 is 5.97 Å². The summed E-state index contributed by atoms with van der Waals surface area (Å²) in [5.74, 6) is -1.31. The number of primary amides is 2. The molecule has 0 saturated carbocycles. The highest BCUT2D eigenvalue weighted by Gasteiger charge is 2.02. The molecule has 0 aliphatic heterocycles. The topological polar surface area (TPSA) is 112 Å². The van der Waals surface area contributed by atoms with Gasteiger partial charge < -0.3 is 16.2 Å². The van der Waals surface area contributed by atoms with Crippen LogP contribution in [-0.2, 0) is 14.3 Å². The Morgan fingerprint density at radius 2 is 1.08 bits per heavy atom. The van der Waals surface area contributed by atoms with E-state index in [0.717, 1.165) is 12.2 Å². The molecule has 0 aliphatic carbocycles. The Morgan fingerprint density at radius 1 is 0.667 bits per heavy atom. The molecule has 6 heteroatoms. The fraction of sp³-hybridized carbons (Fsp3) is 0.121. The molecule has 1 aromatic rings. The molecule has 4 N–H and O–H groups in total.